The summed E-state index contributed by atoms with van der Waals surface area (Å²) in [5.41, 5.74) is 0.0772. The van der Waals surface area contributed by atoms with Crippen molar-refractivity contribution in [1.82, 2.24) is 4.90 Å². The van der Waals surface area contributed by atoms with Crippen LogP contribution in [0.5, 0.6) is 0 Å². The third-order valence-corrected chi connectivity index (χ3v) is 3.76. The van der Waals surface area contributed by atoms with E-state index in [1.807, 2.05) is 0 Å². The van der Waals surface area contributed by atoms with E-state index in [4.69, 9.17) is 5.11 Å². The van der Waals surface area contributed by atoms with Gasteiger partial charge in [0.15, 0.2) is 0 Å². The van der Waals surface area contributed by atoms with Crippen LogP contribution in [0.3, 0.4) is 0 Å². The van der Waals surface area contributed by atoms with Crippen molar-refractivity contribution in [2.75, 3.05) is 7.05 Å². The highest BCUT2D eigenvalue weighted by Gasteiger charge is 2.49. The Bertz CT molecular complexity index is 561. The minimum absolute atomic E-state index is 0.0772. The lowest BCUT2D eigenvalue weighted by Gasteiger charge is -2.26. The van der Waals surface area contributed by atoms with Crippen LogP contribution in [-0.4, -0.2) is 28.9 Å². The van der Waals surface area contributed by atoms with Gasteiger partial charge in [-0.2, -0.15) is 0 Å². The first-order valence-electron chi connectivity index (χ1n) is 6.27. The number of aliphatic carboxylic acids is 1. The molecule has 20 heavy (non-hydrogen) atoms. The molecule has 1 aromatic carbocycles. The second kappa shape index (κ2) is 5.19. The molecule has 1 amide bonds. The van der Waals surface area contributed by atoms with Crippen molar-refractivity contribution < 1.29 is 23.5 Å². The SMILES string of the molecule is CC(c1cc(F)ccc1F)N(C)C(=O)[C@@H]1C[C@@H]1C(=O)O. The standard InChI is InChI=1S/C14H15F2NO3/c1-7(9-5-8(15)3-4-12(9)16)17(2)13(18)10-6-11(10)14(19)20/h3-5,7,10-11H,6H2,1-2H3,(H,19,20)/t7?,10-,11+/m1/s1. The molecule has 1 unspecified atom stereocenters. The first kappa shape index (κ1) is 14.4. The normalized spacial score (nSPS) is 22.2. The van der Waals surface area contributed by atoms with Gasteiger partial charge in [0, 0.05) is 12.6 Å². The number of halogens is 2. The smallest absolute Gasteiger partial charge is 0.307 e. The van der Waals surface area contributed by atoms with Crippen molar-refractivity contribution in [1.29, 1.82) is 0 Å². The molecule has 1 aliphatic rings. The van der Waals surface area contributed by atoms with E-state index in [2.05, 4.69) is 0 Å². The van der Waals surface area contributed by atoms with Crippen LogP contribution in [0, 0.1) is 23.5 Å². The zero-order valence-corrected chi connectivity index (χ0v) is 11.1. The quantitative estimate of drug-likeness (QED) is 0.921. The zero-order chi connectivity index (χ0) is 15.0. The van der Waals surface area contributed by atoms with Gasteiger partial charge in [-0.1, -0.05) is 0 Å². The number of hydrogen-bond acceptors (Lipinski definition) is 2. The fourth-order valence-corrected chi connectivity index (χ4v) is 2.24. The van der Waals surface area contributed by atoms with Crippen molar-refractivity contribution in [3.8, 4) is 0 Å². The summed E-state index contributed by atoms with van der Waals surface area (Å²) in [6.45, 7) is 1.58. The Morgan fingerprint density at radius 1 is 1.35 bits per heavy atom. The molecule has 1 aromatic rings. The van der Waals surface area contributed by atoms with Crippen molar-refractivity contribution in [2.24, 2.45) is 11.8 Å². The average molecular weight is 283 g/mol. The van der Waals surface area contributed by atoms with E-state index in [0.717, 1.165) is 18.2 Å². The van der Waals surface area contributed by atoms with Crippen molar-refractivity contribution in [3.63, 3.8) is 0 Å². The van der Waals surface area contributed by atoms with Gasteiger partial charge in [0.25, 0.3) is 0 Å². The molecule has 0 spiro atoms. The third-order valence-electron chi connectivity index (χ3n) is 3.76. The van der Waals surface area contributed by atoms with Crippen molar-refractivity contribution in [2.45, 2.75) is 19.4 Å². The molecule has 0 aliphatic heterocycles. The van der Waals surface area contributed by atoms with Gasteiger partial charge < -0.3 is 10.0 Å². The molecule has 108 valence electrons. The molecule has 4 nitrogen and oxygen atoms in total. The van der Waals surface area contributed by atoms with Gasteiger partial charge in [-0.3, -0.25) is 9.59 Å². The monoisotopic (exact) mass is 283 g/mol. The molecule has 1 N–H and O–H groups in total. The molecular formula is C14H15F2NO3. The first-order chi connectivity index (χ1) is 9.32. The maximum atomic E-state index is 13.7. The molecule has 6 heteroatoms. The highest BCUT2D eigenvalue weighted by atomic mass is 19.1. The van der Waals surface area contributed by atoms with E-state index in [1.165, 1.54) is 11.9 Å². The largest absolute Gasteiger partial charge is 0.481 e. The lowest BCUT2D eigenvalue weighted by atomic mass is 10.1. The highest BCUT2D eigenvalue weighted by molar-refractivity contribution is 5.89. The molecule has 1 fully saturated rings. The van der Waals surface area contributed by atoms with Gasteiger partial charge in [-0.25, -0.2) is 8.78 Å². The van der Waals surface area contributed by atoms with Gasteiger partial charge in [0.1, 0.15) is 11.6 Å². The Morgan fingerprint density at radius 3 is 2.55 bits per heavy atom. The summed E-state index contributed by atoms with van der Waals surface area (Å²) in [5, 5.41) is 8.81. The number of hydrogen-bond donors (Lipinski definition) is 1. The fourth-order valence-electron chi connectivity index (χ4n) is 2.24. The Kier molecular flexibility index (Phi) is 3.74. The van der Waals surface area contributed by atoms with E-state index in [1.54, 1.807) is 6.92 Å². The maximum absolute atomic E-state index is 13.7. The topological polar surface area (TPSA) is 57.6 Å². The summed E-state index contributed by atoms with van der Waals surface area (Å²) < 4.78 is 26.8. The molecule has 2 rings (SSSR count). The predicted molar refractivity (Wildman–Crippen MR) is 66.8 cm³/mol. The van der Waals surface area contributed by atoms with Crippen LogP contribution in [-0.2, 0) is 9.59 Å². The number of nitrogens with zero attached hydrogens (tertiary/aromatic N) is 1. The van der Waals surface area contributed by atoms with Crippen LogP contribution in [0.25, 0.3) is 0 Å². The molecule has 0 aromatic heterocycles. The molecule has 0 radical (unpaired) electrons. The number of carbonyl (C=O) groups is 2. The van der Waals surface area contributed by atoms with E-state index < -0.39 is 35.5 Å². The molecular weight excluding hydrogens is 268 g/mol. The van der Waals surface area contributed by atoms with Crippen LogP contribution < -0.4 is 0 Å². The Labute approximate surface area is 115 Å². The van der Waals surface area contributed by atoms with Gasteiger partial charge in [-0.15, -0.1) is 0 Å². The third kappa shape index (κ3) is 2.64. The minimum atomic E-state index is -0.999. The van der Waals surface area contributed by atoms with Crippen LogP contribution in [0.4, 0.5) is 8.78 Å². The lowest BCUT2D eigenvalue weighted by Crippen LogP contribution is -2.32. The fraction of sp³-hybridized carbons (Fsp3) is 0.429. The van der Waals surface area contributed by atoms with E-state index in [9.17, 15) is 18.4 Å². The van der Waals surface area contributed by atoms with Gasteiger partial charge in [0.05, 0.1) is 17.9 Å². The van der Waals surface area contributed by atoms with E-state index >= 15 is 0 Å². The molecule has 1 saturated carbocycles. The van der Waals surface area contributed by atoms with Crippen LogP contribution in [0.15, 0.2) is 18.2 Å². The second-order valence-electron chi connectivity index (χ2n) is 5.08. The molecule has 0 saturated heterocycles. The van der Waals surface area contributed by atoms with E-state index in [0.29, 0.717) is 6.42 Å². The summed E-state index contributed by atoms with van der Waals surface area (Å²) in [4.78, 5) is 24.1. The number of carboxylic acid groups (broad SMARTS) is 1. The Balaban J connectivity index is 2.13. The minimum Gasteiger partial charge on any atom is -0.481 e. The second-order valence-corrected chi connectivity index (χ2v) is 5.08. The van der Waals surface area contributed by atoms with Crippen LogP contribution in [0.2, 0.25) is 0 Å². The zero-order valence-electron chi connectivity index (χ0n) is 11.1. The number of carbonyl (C=O) groups excluding carboxylic acids is 1. The maximum Gasteiger partial charge on any atom is 0.307 e. The summed E-state index contributed by atoms with van der Waals surface area (Å²) in [5.74, 6) is -3.74. The average Bonchev–Trinajstić information content (AvgIpc) is 3.19. The van der Waals surface area contributed by atoms with Crippen molar-refractivity contribution in [3.05, 3.63) is 35.4 Å². The van der Waals surface area contributed by atoms with Crippen LogP contribution >= 0.6 is 0 Å². The Morgan fingerprint density at radius 2 is 2.00 bits per heavy atom. The highest BCUT2D eigenvalue weighted by Crippen LogP contribution is 2.41. The van der Waals surface area contributed by atoms with Gasteiger partial charge in [0.2, 0.25) is 5.91 Å². The first-order valence-corrected chi connectivity index (χ1v) is 6.27. The summed E-state index contributed by atoms with van der Waals surface area (Å²) >= 11 is 0. The van der Waals surface area contributed by atoms with E-state index in [-0.39, 0.29) is 11.5 Å². The summed E-state index contributed by atoms with van der Waals surface area (Å²) in [7, 11) is 1.47. The van der Waals surface area contributed by atoms with Crippen LogP contribution in [0.1, 0.15) is 24.9 Å². The Hall–Kier alpha value is -1.98. The molecule has 0 bridgehead atoms. The van der Waals surface area contributed by atoms with Gasteiger partial charge in [-0.05, 0) is 31.5 Å². The number of amides is 1. The molecule has 3 atom stereocenters. The van der Waals surface area contributed by atoms with Crippen molar-refractivity contribution >= 4 is 11.9 Å². The summed E-state index contributed by atoms with van der Waals surface area (Å²) in [6.07, 6.45) is 0.302. The van der Waals surface area contributed by atoms with Gasteiger partial charge >= 0.3 is 5.97 Å². The number of carboxylic acids is 1. The molecule has 0 heterocycles. The molecule has 1 aliphatic carbocycles. The number of benzene rings is 1. The number of rotatable bonds is 4. The lowest BCUT2D eigenvalue weighted by molar-refractivity contribution is -0.142. The predicted octanol–water partition coefficient (Wildman–Crippen LogP) is 2.20. The summed E-state index contributed by atoms with van der Waals surface area (Å²) in [6, 6.07) is 2.41.